The highest BCUT2D eigenvalue weighted by Gasteiger charge is 2.61. The lowest BCUT2D eigenvalue weighted by Crippen LogP contribution is -2.40. The largest absolute Gasteiger partial charge is 0.235 e. The first kappa shape index (κ1) is 10.8. The Morgan fingerprint density at radius 3 is 2.27 bits per heavy atom. The third kappa shape index (κ3) is 1.37. The van der Waals surface area contributed by atoms with Gasteiger partial charge in [-0.15, -0.1) is 0 Å². The summed E-state index contributed by atoms with van der Waals surface area (Å²) in [5, 5.41) is 0. The Bertz CT molecular complexity index is 428. The third-order valence-electron chi connectivity index (χ3n) is 4.00. The van der Waals surface area contributed by atoms with Crippen molar-refractivity contribution in [2.75, 3.05) is 5.75 Å². The summed E-state index contributed by atoms with van der Waals surface area (Å²) in [5.74, 6) is 0.206. The molecule has 0 aromatic heterocycles. The van der Waals surface area contributed by atoms with Gasteiger partial charge in [-0.25, -0.2) is 13.2 Å². The van der Waals surface area contributed by atoms with Crippen LogP contribution in [0.5, 0.6) is 0 Å². The van der Waals surface area contributed by atoms with E-state index in [0.29, 0.717) is 6.42 Å². The predicted molar refractivity (Wildman–Crippen MR) is 56.1 cm³/mol. The van der Waals surface area contributed by atoms with Crippen LogP contribution >= 0.6 is 0 Å². The standard InChI is InChI=1S/C10H15NO3S/c1-9(2)8(3-6-15(9,13)14)10(4-5-10)11-7-12/h8H,3-6H2,1-2H3. The average Bonchev–Trinajstić information content (AvgIpc) is 2.80. The van der Waals surface area contributed by atoms with Gasteiger partial charge in [-0.3, -0.25) is 0 Å². The molecule has 0 aromatic carbocycles. The van der Waals surface area contributed by atoms with Gasteiger partial charge in [0.25, 0.3) is 0 Å². The van der Waals surface area contributed by atoms with E-state index in [-0.39, 0.29) is 11.7 Å². The number of aliphatic imine (C=N–C) groups is 1. The fraction of sp³-hybridized carbons (Fsp3) is 0.900. The molecule has 1 aliphatic heterocycles. The Morgan fingerprint density at radius 2 is 1.93 bits per heavy atom. The summed E-state index contributed by atoms with van der Waals surface area (Å²) in [6.45, 7) is 3.50. The summed E-state index contributed by atoms with van der Waals surface area (Å²) in [4.78, 5) is 14.2. The van der Waals surface area contributed by atoms with E-state index in [2.05, 4.69) is 4.99 Å². The van der Waals surface area contributed by atoms with E-state index in [1.165, 1.54) is 0 Å². The summed E-state index contributed by atoms with van der Waals surface area (Å²) < 4.78 is 22.9. The molecule has 2 aliphatic rings. The second kappa shape index (κ2) is 2.92. The highest BCUT2D eigenvalue weighted by molar-refractivity contribution is 7.93. The van der Waals surface area contributed by atoms with Gasteiger partial charge in [-0.2, -0.15) is 4.99 Å². The highest BCUT2D eigenvalue weighted by atomic mass is 32.2. The van der Waals surface area contributed by atoms with Crippen LogP contribution in [0.4, 0.5) is 0 Å². The number of nitrogens with zero attached hydrogens (tertiary/aromatic N) is 1. The van der Waals surface area contributed by atoms with E-state index in [0.717, 1.165) is 12.8 Å². The first-order valence-corrected chi connectivity index (χ1v) is 6.82. The fourth-order valence-corrected chi connectivity index (χ4v) is 4.62. The monoisotopic (exact) mass is 229 g/mol. The van der Waals surface area contributed by atoms with Crippen molar-refractivity contribution in [1.82, 2.24) is 0 Å². The van der Waals surface area contributed by atoms with Gasteiger partial charge in [-0.05, 0) is 33.1 Å². The van der Waals surface area contributed by atoms with Crippen LogP contribution in [0, 0.1) is 5.92 Å². The van der Waals surface area contributed by atoms with Crippen LogP contribution in [-0.4, -0.2) is 30.5 Å². The minimum Gasteiger partial charge on any atom is -0.228 e. The van der Waals surface area contributed by atoms with Crippen LogP contribution < -0.4 is 0 Å². The van der Waals surface area contributed by atoms with E-state index >= 15 is 0 Å². The molecule has 84 valence electrons. The maximum atomic E-state index is 11.8. The molecule has 1 heterocycles. The van der Waals surface area contributed by atoms with E-state index in [1.54, 1.807) is 19.9 Å². The molecule has 5 heteroatoms. The van der Waals surface area contributed by atoms with Crippen molar-refractivity contribution in [1.29, 1.82) is 0 Å². The van der Waals surface area contributed by atoms with Gasteiger partial charge in [0.15, 0.2) is 9.84 Å². The number of rotatable bonds is 2. The molecule has 0 spiro atoms. The van der Waals surface area contributed by atoms with Crippen LogP contribution in [0.2, 0.25) is 0 Å². The van der Waals surface area contributed by atoms with E-state index in [4.69, 9.17) is 0 Å². The molecule has 1 saturated carbocycles. The molecule has 1 aliphatic carbocycles. The SMILES string of the molecule is CC1(C)C(C2(N=C=O)CC2)CCS1(=O)=O. The Labute approximate surface area is 89.7 Å². The molecule has 0 N–H and O–H groups in total. The highest BCUT2D eigenvalue weighted by Crippen LogP contribution is 2.56. The third-order valence-corrected chi connectivity index (χ3v) is 6.66. The lowest BCUT2D eigenvalue weighted by Gasteiger charge is -2.29. The Hall–Kier alpha value is -0.670. The minimum atomic E-state index is -3.02. The zero-order valence-corrected chi connectivity index (χ0v) is 9.80. The van der Waals surface area contributed by atoms with Gasteiger partial charge in [0, 0.05) is 5.92 Å². The Morgan fingerprint density at radius 1 is 1.33 bits per heavy atom. The molecular weight excluding hydrogens is 214 g/mol. The molecule has 0 aromatic rings. The van der Waals surface area contributed by atoms with Gasteiger partial charge in [0.2, 0.25) is 6.08 Å². The van der Waals surface area contributed by atoms with E-state index in [9.17, 15) is 13.2 Å². The Kier molecular flexibility index (Phi) is 2.11. The molecule has 0 radical (unpaired) electrons. The van der Waals surface area contributed by atoms with Crippen molar-refractivity contribution in [3.63, 3.8) is 0 Å². The summed E-state index contributed by atoms with van der Waals surface area (Å²) in [5.41, 5.74) is -0.408. The summed E-state index contributed by atoms with van der Waals surface area (Å²) in [7, 11) is -3.02. The quantitative estimate of drug-likeness (QED) is 0.525. The lowest BCUT2D eigenvalue weighted by molar-refractivity contribution is 0.334. The summed E-state index contributed by atoms with van der Waals surface area (Å²) in [6.07, 6.45) is 3.87. The lowest BCUT2D eigenvalue weighted by atomic mass is 9.84. The maximum absolute atomic E-state index is 11.8. The fourth-order valence-electron chi connectivity index (χ4n) is 2.77. The van der Waals surface area contributed by atoms with Gasteiger partial charge >= 0.3 is 0 Å². The number of carbonyl (C=O) groups excluding carboxylic acids is 1. The molecule has 2 rings (SSSR count). The van der Waals surface area contributed by atoms with Crippen molar-refractivity contribution in [2.24, 2.45) is 10.9 Å². The topological polar surface area (TPSA) is 63.6 Å². The van der Waals surface area contributed by atoms with Gasteiger partial charge in [0.05, 0.1) is 16.0 Å². The smallest absolute Gasteiger partial charge is 0.228 e. The van der Waals surface area contributed by atoms with Gasteiger partial charge in [-0.1, -0.05) is 0 Å². The normalized spacial score (nSPS) is 34.4. The second-order valence-electron chi connectivity index (χ2n) is 5.07. The molecule has 0 amide bonds. The van der Waals surface area contributed by atoms with Crippen molar-refractivity contribution < 1.29 is 13.2 Å². The van der Waals surface area contributed by atoms with Gasteiger partial charge in [0.1, 0.15) is 0 Å². The number of hydrogen-bond acceptors (Lipinski definition) is 4. The molecule has 0 bridgehead atoms. The minimum absolute atomic E-state index is 0.0172. The van der Waals surface area contributed by atoms with Crippen LogP contribution in [0.15, 0.2) is 4.99 Å². The zero-order valence-electron chi connectivity index (χ0n) is 8.99. The van der Waals surface area contributed by atoms with Gasteiger partial charge < -0.3 is 0 Å². The summed E-state index contributed by atoms with van der Waals surface area (Å²) in [6, 6.07) is 0. The first-order valence-electron chi connectivity index (χ1n) is 5.17. The van der Waals surface area contributed by atoms with Crippen molar-refractivity contribution in [3.05, 3.63) is 0 Å². The summed E-state index contributed by atoms with van der Waals surface area (Å²) >= 11 is 0. The zero-order chi connectivity index (χ0) is 11.3. The molecule has 1 unspecified atom stereocenters. The van der Waals surface area contributed by atoms with Crippen molar-refractivity contribution in [3.8, 4) is 0 Å². The van der Waals surface area contributed by atoms with Crippen molar-refractivity contribution in [2.45, 2.75) is 43.4 Å². The van der Waals surface area contributed by atoms with Crippen molar-refractivity contribution >= 4 is 15.9 Å². The van der Waals surface area contributed by atoms with Crippen LogP contribution in [-0.2, 0) is 14.6 Å². The maximum Gasteiger partial charge on any atom is 0.235 e. The molecule has 1 atom stereocenters. The van der Waals surface area contributed by atoms with Crippen LogP contribution in [0.25, 0.3) is 0 Å². The van der Waals surface area contributed by atoms with E-state index in [1.807, 2.05) is 0 Å². The number of hydrogen-bond donors (Lipinski definition) is 0. The second-order valence-corrected chi connectivity index (χ2v) is 7.76. The molecule has 2 fully saturated rings. The number of isocyanates is 1. The molecule has 4 nitrogen and oxygen atoms in total. The molecule has 1 saturated heterocycles. The van der Waals surface area contributed by atoms with Crippen LogP contribution in [0.3, 0.4) is 0 Å². The van der Waals surface area contributed by atoms with Crippen LogP contribution in [0.1, 0.15) is 33.1 Å². The molecular formula is C10H15NO3S. The average molecular weight is 229 g/mol. The number of sulfone groups is 1. The Balaban J connectivity index is 2.38. The first-order chi connectivity index (χ1) is 6.86. The molecule has 15 heavy (non-hydrogen) atoms. The predicted octanol–water partition coefficient (Wildman–Crippen LogP) is 1.07. The van der Waals surface area contributed by atoms with E-state index < -0.39 is 20.1 Å².